The number of thioether (sulfide) groups is 2. The average Bonchev–Trinajstić information content (AvgIpc) is 2.26. The van der Waals surface area contributed by atoms with Gasteiger partial charge in [-0.2, -0.15) is 4.99 Å². The first-order valence-corrected chi connectivity index (χ1v) is 6.34. The Morgan fingerprint density at radius 1 is 1.29 bits per heavy atom. The molecule has 0 N–H and O–H groups in total. The van der Waals surface area contributed by atoms with Crippen LogP contribution in [0.25, 0.3) is 0 Å². The van der Waals surface area contributed by atoms with Crippen molar-refractivity contribution in [2.45, 2.75) is 0 Å². The van der Waals surface area contributed by atoms with Gasteiger partial charge in [0.2, 0.25) is 0 Å². The first-order chi connectivity index (χ1) is 6.77. The van der Waals surface area contributed by atoms with E-state index in [2.05, 4.69) is 9.98 Å². The highest BCUT2D eigenvalue weighted by molar-refractivity contribution is 8.38. The molecule has 1 heterocycles. The number of aliphatic imine (C=N–C) groups is 1. The van der Waals surface area contributed by atoms with Crippen molar-refractivity contribution in [2.24, 2.45) is 4.99 Å². The summed E-state index contributed by atoms with van der Waals surface area (Å²) >= 11 is 2.94. The molecule has 0 fully saturated rings. The number of aromatic nitrogens is 1. The van der Waals surface area contributed by atoms with Gasteiger partial charge >= 0.3 is 0 Å². The molecule has 0 saturated heterocycles. The van der Waals surface area contributed by atoms with E-state index >= 15 is 0 Å². The van der Waals surface area contributed by atoms with Gasteiger partial charge in [-0.3, -0.25) is 9.78 Å². The number of nitrogens with zero attached hydrogens (tertiary/aromatic N) is 2. The molecule has 0 aliphatic rings. The summed E-state index contributed by atoms with van der Waals surface area (Å²) < 4.78 is 0.770. The molecule has 1 aromatic rings. The fourth-order valence-electron chi connectivity index (χ4n) is 0.817. The maximum Gasteiger partial charge on any atom is 0.278 e. The molecule has 3 nitrogen and oxygen atoms in total. The summed E-state index contributed by atoms with van der Waals surface area (Å²) in [6.07, 6.45) is 6.96. The van der Waals surface area contributed by atoms with Gasteiger partial charge in [0.05, 0.1) is 0 Å². The molecule has 1 rings (SSSR count). The Bertz CT molecular complexity index is 332. The van der Waals surface area contributed by atoms with Crippen molar-refractivity contribution < 1.29 is 4.79 Å². The van der Waals surface area contributed by atoms with Crippen LogP contribution in [-0.2, 0) is 0 Å². The van der Waals surface area contributed by atoms with Gasteiger partial charge in [0.15, 0.2) is 0 Å². The van der Waals surface area contributed by atoms with E-state index < -0.39 is 0 Å². The second-order valence-electron chi connectivity index (χ2n) is 2.33. The van der Waals surface area contributed by atoms with Crippen LogP contribution in [0.15, 0.2) is 29.5 Å². The predicted octanol–water partition coefficient (Wildman–Crippen LogP) is 2.30. The van der Waals surface area contributed by atoms with E-state index in [9.17, 15) is 4.79 Å². The first-order valence-electron chi connectivity index (χ1n) is 3.89. The lowest BCUT2D eigenvalue weighted by Gasteiger charge is -1.97. The molecule has 0 aliphatic carbocycles. The van der Waals surface area contributed by atoms with Gasteiger partial charge in [0.1, 0.15) is 4.38 Å². The Balaban J connectivity index is 2.82. The fourth-order valence-corrected chi connectivity index (χ4v) is 1.83. The highest BCUT2D eigenvalue weighted by atomic mass is 32.2. The van der Waals surface area contributed by atoms with Crippen molar-refractivity contribution in [2.75, 3.05) is 12.5 Å². The molecule has 0 aliphatic heterocycles. The Labute approximate surface area is 91.4 Å². The Morgan fingerprint density at radius 2 is 1.86 bits per heavy atom. The molecule has 14 heavy (non-hydrogen) atoms. The minimum Gasteiger partial charge on any atom is -0.267 e. The van der Waals surface area contributed by atoms with E-state index in [1.807, 2.05) is 12.5 Å². The topological polar surface area (TPSA) is 42.3 Å². The summed E-state index contributed by atoms with van der Waals surface area (Å²) in [4.78, 5) is 19.3. The minimum atomic E-state index is -0.217. The third kappa shape index (κ3) is 3.16. The quantitative estimate of drug-likeness (QED) is 0.544. The van der Waals surface area contributed by atoms with Crippen LogP contribution in [-0.4, -0.2) is 27.8 Å². The summed E-state index contributed by atoms with van der Waals surface area (Å²) in [5.41, 5.74) is 0.570. The second kappa shape index (κ2) is 5.82. The van der Waals surface area contributed by atoms with Crippen LogP contribution in [0.4, 0.5) is 0 Å². The van der Waals surface area contributed by atoms with E-state index in [1.54, 1.807) is 24.5 Å². The maximum absolute atomic E-state index is 11.5. The fraction of sp³-hybridized carbons (Fsp3) is 0.222. The number of rotatable bonds is 1. The average molecular weight is 226 g/mol. The van der Waals surface area contributed by atoms with Crippen molar-refractivity contribution >= 4 is 33.8 Å². The van der Waals surface area contributed by atoms with Crippen LogP contribution < -0.4 is 0 Å². The van der Waals surface area contributed by atoms with Crippen LogP contribution in [0.3, 0.4) is 0 Å². The standard InChI is InChI=1S/C9H10N2OS2/c1-13-9(14-2)11-8(12)7-3-5-10-6-4-7/h3-6H,1-2H3. The molecule has 74 valence electrons. The third-order valence-corrected chi connectivity index (χ3v) is 3.35. The molecule has 0 unspecified atom stereocenters. The van der Waals surface area contributed by atoms with Gasteiger partial charge in [-0.05, 0) is 24.6 Å². The number of carbonyl (C=O) groups is 1. The molecule has 0 aromatic carbocycles. The van der Waals surface area contributed by atoms with Crippen molar-refractivity contribution in [1.29, 1.82) is 0 Å². The monoisotopic (exact) mass is 226 g/mol. The third-order valence-electron chi connectivity index (χ3n) is 1.47. The highest BCUT2D eigenvalue weighted by Gasteiger charge is 2.04. The summed E-state index contributed by atoms with van der Waals surface area (Å²) in [6, 6.07) is 3.31. The smallest absolute Gasteiger partial charge is 0.267 e. The number of pyridine rings is 1. The molecule has 0 bridgehead atoms. The number of amides is 1. The zero-order valence-electron chi connectivity index (χ0n) is 7.93. The van der Waals surface area contributed by atoms with E-state index in [4.69, 9.17) is 0 Å². The lowest BCUT2D eigenvalue weighted by molar-refractivity contribution is 0.100. The summed E-state index contributed by atoms with van der Waals surface area (Å²) in [7, 11) is 0. The van der Waals surface area contributed by atoms with Gasteiger partial charge in [-0.25, -0.2) is 0 Å². The van der Waals surface area contributed by atoms with Crippen molar-refractivity contribution in [1.82, 2.24) is 4.98 Å². The van der Waals surface area contributed by atoms with Crippen LogP contribution in [0.1, 0.15) is 10.4 Å². The minimum absolute atomic E-state index is 0.217. The van der Waals surface area contributed by atoms with E-state index in [1.165, 1.54) is 23.5 Å². The van der Waals surface area contributed by atoms with E-state index in [0.29, 0.717) is 5.56 Å². The normalized spacial score (nSPS) is 9.57. The van der Waals surface area contributed by atoms with Gasteiger partial charge in [-0.15, -0.1) is 23.5 Å². The second-order valence-corrected chi connectivity index (χ2v) is 4.18. The molecular formula is C9H10N2OS2. The van der Waals surface area contributed by atoms with Crippen molar-refractivity contribution in [3.05, 3.63) is 30.1 Å². The Kier molecular flexibility index (Phi) is 4.69. The Hall–Kier alpha value is -0.810. The molecule has 0 saturated carbocycles. The molecule has 1 aromatic heterocycles. The lowest BCUT2D eigenvalue weighted by Crippen LogP contribution is -1.97. The van der Waals surface area contributed by atoms with Crippen molar-refractivity contribution in [3.8, 4) is 0 Å². The molecule has 0 spiro atoms. The molecule has 1 amide bonds. The van der Waals surface area contributed by atoms with Gasteiger partial charge in [0, 0.05) is 18.0 Å². The summed E-state index contributed by atoms with van der Waals surface area (Å²) in [5.74, 6) is -0.217. The zero-order chi connectivity index (χ0) is 10.4. The maximum atomic E-state index is 11.5. The van der Waals surface area contributed by atoms with Gasteiger partial charge < -0.3 is 0 Å². The zero-order valence-corrected chi connectivity index (χ0v) is 9.56. The van der Waals surface area contributed by atoms with Crippen LogP contribution in [0.2, 0.25) is 0 Å². The molecular weight excluding hydrogens is 216 g/mol. The highest BCUT2D eigenvalue weighted by Crippen LogP contribution is 2.12. The van der Waals surface area contributed by atoms with E-state index in [0.717, 1.165) is 4.38 Å². The largest absolute Gasteiger partial charge is 0.278 e. The van der Waals surface area contributed by atoms with Crippen LogP contribution in [0, 0.1) is 0 Å². The lowest BCUT2D eigenvalue weighted by atomic mass is 10.3. The summed E-state index contributed by atoms with van der Waals surface area (Å²) in [6.45, 7) is 0. The van der Waals surface area contributed by atoms with Crippen LogP contribution in [0.5, 0.6) is 0 Å². The SMILES string of the molecule is CSC(=NC(=O)c1ccncc1)SC. The molecule has 0 radical (unpaired) electrons. The summed E-state index contributed by atoms with van der Waals surface area (Å²) in [5, 5.41) is 0. The number of hydrogen-bond acceptors (Lipinski definition) is 4. The van der Waals surface area contributed by atoms with Gasteiger partial charge in [0.25, 0.3) is 5.91 Å². The van der Waals surface area contributed by atoms with Crippen LogP contribution >= 0.6 is 23.5 Å². The van der Waals surface area contributed by atoms with E-state index in [-0.39, 0.29) is 5.91 Å². The Morgan fingerprint density at radius 3 is 2.36 bits per heavy atom. The predicted molar refractivity (Wildman–Crippen MR) is 63.0 cm³/mol. The number of hydrogen-bond donors (Lipinski definition) is 0. The molecule has 5 heteroatoms. The van der Waals surface area contributed by atoms with Crippen molar-refractivity contribution in [3.63, 3.8) is 0 Å². The van der Waals surface area contributed by atoms with Gasteiger partial charge in [-0.1, -0.05) is 0 Å². The molecule has 0 atom stereocenters. The first kappa shape index (κ1) is 11.3. The number of carbonyl (C=O) groups excluding carboxylic acids is 1.